The lowest BCUT2D eigenvalue weighted by Gasteiger charge is -2.24. The van der Waals surface area contributed by atoms with Gasteiger partial charge in [-0.25, -0.2) is 0 Å². The Morgan fingerprint density at radius 1 is 1.43 bits per heavy atom. The normalized spacial score (nSPS) is 22.5. The van der Waals surface area contributed by atoms with E-state index in [2.05, 4.69) is 11.9 Å². The number of ether oxygens (including phenoxy) is 3. The van der Waals surface area contributed by atoms with E-state index in [1.807, 2.05) is 0 Å². The molecule has 0 amide bonds. The van der Waals surface area contributed by atoms with Crippen LogP contribution in [0, 0.1) is 0 Å². The second kappa shape index (κ2) is 6.35. The predicted molar refractivity (Wildman–Crippen MR) is 54.3 cm³/mol. The smallest absolute Gasteiger partial charge is 0.169 e. The number of rotatable bonds is 6. The molecule has 0 aromatic rings. The molecule has 0 radical (unpaired) electrons. The summed E-state index contributed by atoms with van der Waals surface area (Å²) in [6.07, 6.45) is 2.63. The third-order valence-electron chi connectivity index (χ3n) is 2.53. The lowest BCUT2D eigenvalue weighted by Crippen LogP contribution is -2.36. The van der Waals surface area contributed by atoms with Gasteiger partial charge in [0, 0.05) is 33.9 Å². The van der Waals surface area contributed by atoms with Crippen LogP contribution in [0.1, 0.15) is 12.8 Å². The highest BCUT2D eigenvalue weighted by Crippen LogP contribution is 2.12. The van der Waals surface area contributed by atoms with Crippen LogP contribution >= 0.6 is 0 Å². The number of likely N-dealkylation sites (N-methyl/N-ethyl adjacent to an activating group) is 1. The molecule has 0 saturated carbocycles. The van der Waals surface area contributed by atoms with Crippen LogP contribution in [0.15, 0.2) is 0 Å². The van der Waals surface area contributed by atoms with Crippen LogP contribution < -0.4 is 0 Å². The van der Waals surface area contributed by atoms with Crippen molar-refractivity contribution < 1.29 is 14.2 Å². The second-order valence-corrected chi connectivity index (χ2v) is 3.76. The summed E-state index contributed by atoms with van der Waals surface area (Å²) in [5.74, 6) is 0. The number of methoxy groups -OCH3 is 2. The van der Waals surface area contributed by atoms with E-state index >= 15 is 0 Å². The maximum absolute atomic E-state index is 5.55. The van der Waals surface area contributed by atoms with E-state index < -0.39 is 0 Å². The molecule has 1 aliphatic rings. The first kappa shape index (κ1) is 11.9. The summed E-state index contributed by atoms with van der Waals surface area (Å²) < 4.78 is 15.8. The van der Waals surface area contributed by atoms with Crippen LogP contribution in [0.5, 0.6) is 0 Å². The molecule has 0 aromatic heterocycles. The number of hydrogen-bond acceptors (Lipinski definition) is 4. The first-order valence-corrected chi connectivity index (χ1v) is 5.12. The van der Waals surface area contributed by atoms with Gasteiger partial charge in [0.2, 0.25) is 0 Å². The Morgan fingerprint density at radius 3 is 2.64 bits per heavy atom. The van der Waals surface area contributed by atoms with Crippen molar-refractivity contribution >= 4 is 0 Å². The highest BCUT2D eigenvalue weighted by Gasteiger charge is 2.18. The summed E-state index contributed by atoms with van der Waals surface area (Å²) in [6.45, 7) is 2.66. The largest absolute Gasteiger partial charge is 0.377 e. The minimum atomic E-state index is -0.138. The lowest BCUT2D eigenvalue weighted by molar-refractivity contribution is -0.116. The summed E-state index contributed by atoms with van der Waals surface area (Å²) in [4.78, 5) is 2.19. The van der Waals surface area contributed by atoms with E-state index in [1.165, 1.54) is 12.8 Å². The van der Waals surface area contributed by atoms with Gasteiger partial charge in [0.25, 0.3) is 0 Å². The first-order valence-electron chi connectivity index (χ1n) is 5.12. The van der Waals surface area contributed by atoms with E-state index in [1.54, 1.807) is 14.2 Å². The Bertz CT molecular complexity index is 140. The molecule has 0 aromatic carbocycles. The van der Waals surface area contributed by atoms with Crippen LogP contribution in [0.2, 0.25) is 0 Å². The fraction of sp³-hybridized carbons (Fsp3) is 1.00. The number of nitrogens with zero attached hydrogens (tertiary/aromatic N) is 1. The molecule has 0 aliphatic carbocycles. The maximum atomic E-state index is 5.55. The van der Waals surface area contributed by atoms with E-state index in [0.29, 0.717) is 6.10 Å². The Kier molecular flexibility index (Phi) is 5.40. The van der Waals surface area contributed by atoms with Gasteiger partial charge >= 0.3 is 0 Å². The summed E-state index contributed by atoms with van der Waals surface area (Å²) in [7, 11) is 5.38. The highest BCUT2D eigenvalue weighted by atomic mass is 16.7. The molecule has 0 spiro atoms. The SMILES string of the molecule is COC(CN(C)C[C@@H]1CCCO1)OC. The first-order chi connectivity index (χ1) is 6.76. The lowest BCUT2D eigenvalue weighted by atomic mass is 10.2. The molecule has 1 saturated heterocycles. The van der Waals surface area contributed by atoms with Gasteiger partial charge in [0.1, 0.15) is 0 Å². The molecule has 1 heterocycles. The summed E-state index contributed by atoms with van der Waals surface area (Å²) >= 11 is 0. The van der Waals surface area contributed by atoms with Crippen molar-refractivity contribution in [3.05, 3.63) is 0 Å². The zero-order valence-corrected chi connectivity index (χ0v) is 9.36. The second-order valence-electron chi connectivity index (χ2n) is 3.76. The van der Waals surface area contributed by atoms with Gasteiger partial charge in [-0.1, -0.05) is 0 Å². The Morgan fingerprint density at radius 2 is 2.14 bits per heavy atom. The molecule has 14 heavy (non-hydrogen) atoms. The molecular formula is C10H21NO3. The van der Waals surface area contributed by atoms with Crippen molar-refractivity contribution in [1.82, 2.24) is 4.90 Å². The maximum Gasteiger partial charge on any atom is 0.169 e. The van der Waals surface area contributed by atoms with Crippen molar-refractivity contribution in [1.29, 1.82) is 0 Å². The van der Waals surface area contributed by atoms with E-state index in [0.717, 1.165) is 19.7 Å². The zero-order chi connectivity index (χ0) is 10.4. The molecule has 0 N–H and O–H groups in total. The van der Waals surface area contributed by atoms with Crippen LogP contribution in [-0.2, 0) is 14.2 Å². The van der Waals surface area contributed by atoms with Crippen molar-refractivity contribution in [2.45, 2.75) is 25.2 Å². The Balaban J connectivity index is 2.16. The summed E-state index contributed by atoms with van der Waals surface area (Å²) in [5.41, 5.74) is 0. The molecule has 1 rings (SSSR count). The van der Waals surface area contributed by atoms with E-state index in [9.17, 15) is 0 Å². The minimum Gasteiger partial charge on any atom is -0.377 e. The van der Waals surface area contributed by atoms with Gasteiger partial charge in [-0.2, -0.15) is 0 Å². The molecule has 84 valence electrons. The van der Waals surface area contributed by atoms with Gasteiger partial charge in [0.05, 0.1) is 6.10 Å². The topological polar surface area (TPSA) is 30.9 Å². The standard InChI is InChI=1S/C10H21NO3/c1-11(8-10(12-2)13-3)7-9-5-4-6-14-9/h9-10H,4-8H2,1-3H3/t9-/m0/s1. The van der Waals surface area contributed by atoms with Crippen LogP contribution in [-0.4, -0.2) is 58.3 Å². The fourth-order valence-corrected chi connectivity index (χ4v) is 1.71. The van der Waals surface area contributed by atoms with Crippen LogP contribution in [0.3, 0.4) is 0 Å². The molecule has 4 nitrogen and oxygen atoms in total. The van der Waals surface area contributed by atoms with Crippen molar-refractivity contribution in [2.75, 3.05) is 41.0 Å². The van der Waals surface area contributed by atoms with Gasteiger partial charge in [-0.15, -0.1) is 0 Å². The average Bonchev–Trinajstić information content (AvgIpc) is 2.66. The van der Waals surface area contributed by atoms with E-state index in [-0.39, 0.29) is 6.29 Å². The molecular weight excluding hydrogens is 182 g/mol. The van der Waals surface area contributed by atoms with Crippen LogP contribution in [0.25, 0.3) is 0 Å². The Hall–Kier alpha value is -0.160. The Labute approximate surface area is 86.1 Å². The monoisotopic (exact) mass is 203 g/mol. The van der Waals surface area contributed by atoms with Gasteiger partial charge in [-0.3, -0.25) is 4.90 Å². The van der Waals surface area contributed by atoms with Crippen molar-refractivity contribution in [3.8, 4) is 0 Å². The minimum absolute atomic E-state index is 0.138. The van der Waals surface area contributed by atoms with Gasteiger partial charge in [-0.05, 0) is 19.9 Å². The van der Waals surface area contributed by atoms with Crippen LogP contribution in [0.4, 0.5) is 0 Å². The zero-order valence-electron chi connectivity index (χ0n) is 9.36. The summed E-state index contributed by atoms with van der Waals surface area (Å²) in [5, 5.41) is 0. The highest BCUT2D eigenvalue weighted by molar-refractivity contribution is 4.69. The third-order valence-corrected chi connectivity index (χ3v) is 2.53. The average molecular weight is 203 g/mol. The third kappa shape index (κ3) is 3.92. The number of hydrogen-bond donors (Lipinski definition) is 0. The predicted octanol–water partition coefficient (Wildman–Crippen LogP) is 0.716. The van der Waals surface area contributed by atoms with Crippen molar-refractivity contribution in [3.63, 3.8) is 0 Å². The quantitative estimate of drug-likeness (QED) is 0.595. The molecule has 0 unspecified atom stereocenters. The van der Waals surface area contributed by atoms with Crippen molar-refractivity contribution in [2.24, 2.45) is 0 Å². The van der Waals surface area contributed by atoms with Gasteiger partial charge in [0.15, 0.2) is 6.29 Å². The van der Waals surface area contributed by atoms with E-state index in [4.69, 9.17) is 14.2 Å². The fourth-order valence-electron chi connectivity index (χ4n) is 1.71. The molecule has 0 bridgehead atoms. The molecule has 4 heteroatoms. The molecule has 1 aliphatic heterocycles. The summed E-state index contributed by atoms with van der Waals surface area (Å²) in [6, 6.07) is 0. The molecule has 1 fully saturated rings. The molecule has 1 atom stereocenters. The van der Waals surface area contributed by atoms with Gasteiger partial charge < -0.3 is 14.2 Å².